The Kier molecular flexibility index (Phi) is 5.35. The molecule has 0 fully saturated rings. The van der Waals surface area contributed by atoms with Gasteiger partial charge in [-0.3, -0.25) is 14.4 Å². The highest BCUT2D eigenvalue weighted by molar-refractivity contribution is 7.92. The van der Waals surface area contributed by atoms with Gasteiger partial charge in [-0.15, -0.1) is 0 Å². The van der Waals surface area contributed by atoms with Crippen molar-refractivity contribution in [3.05, 3.63) is 64.2 Å². The monoisotopic (exact) mass is 366 g/mol. The van der Waals surface area contributed by atoms with E-state index < -0.39 is 39.8 Å². The van der Waals surface area contributed by atoms with Crippen molar-refractivity contribution in [2.75, 3.05) is 17.5 Å². The van der Waals surface area contributed by atoms with E-state index in [4.69, 9.17) is 0 Å². The van der Waals surface area contributed by atoms with Crippen molar-refractivity contribution < 1.29 is 28.3 Å². The quantitative estimate of drug-likeness (QED) is 0.559. The molecule has 2 rings (SSSR count). The molecule has 0 saturated heterocycles. The Labute approximate surface area is 143 Å². The maximum Gasteiger partial charge on any atom is 0.337 e. The summed E-state index contributed by atoms with van der Waals surface area (Å²) in [4.78, 5) is 21.1. The van der Waals surface area contributed by atoms with Gasteiger partial charge in [-0.2, -0.15) is 0 Å². The minimum Gasteiger partial charge on any atom is -0.478 e. The Morgan fingerprint density at radius 3 is 2.44 bits per heavy atom. The summed E-state index contributed by atoms with van der Waals surface area (Å²) < 4.78 is 26.5. The molecule has 25 heavy (non-hydrogen) atoms. The van der Waals surface area contributed by atoms with Crippen molar-refractivity contribution in [2.24, 2.45) is 0 Å². The van der Waals surface area contributed by atoms with Crippen LogP contribution in [0.3, 0.4) is 0 Å². The summed E-state index contributed by atoms with van der Waals surface area (Å²) in [5, 5.41) is 29.3. The molecule has 10 heteroatoms. The number of hydrogen-bond acceptors (Lipinski definition) is 6. The molecular formula is C15H14N2O7S. The van der Waals surface area contributed by atoms with Crippen LogP contribution in [0.4, 0.5) is 11.4 Å². The van der Waals surface area contributed by atoms with E-state index in [1.165, 1.54) is 30.3 Å². The number of aliphatic hydroxyl groups excluding tert-OH is 1. The highest BCUT2D eigenvalue weighted by Gasteiger charge is 2.29. The fourth-order valence-electron chi connectivity index (χ4n) is 2.22. The lowest BCUT2D eigenvalue weighted by Gasteiger charge is -2.25. The molecule has 2 N–H and O–H groups in total. The zero-order valence-corrected chi connectivity index (χ0v) is 13.6. The van der Waals surface area contributed by atoms with Gasteiger partial charge in [-0.1, -0.05) is 18.2 Å². The molecule has 0 aliphatic rings. The number of non-ortho nitro benzene ring substituents is 1. The van der Waals surface area contributed by atoms with E-state index in [-0.39, 0.29) is 16.1 Å². The Balaban J connectivity index is 2.62. The van der Waals surface area contributed by atoms with Gasteiger partial charge < -0.3 is 10.2 Å². The predicted molar refractivity (Wildman–Crippen MR) is 88.1 cm³/mol. The van der Waals surface area contributed by atoms with E-state index in [1.807, 2.05) is 0 Å². The molecule has 2 aromatic rings. The lowest BCUT2D eigenvalue weighted by molar-refractivity contribution is -0.385. The van der Waals surface area contributed by atoms with Gasteiger partial charge in [0.2, 0.25) is 0 Å². The molecule has 0 amide bonds. The number of carbonyl (C=O) groups is 1. The summed E-state index contributed by atoms with van der Waals surface area (Å²) in [7, 11) is -4.32. The summed E-state index contributed by atoms with van der Waals surface area (Å²) in [6, 6.07) is 9.79. The topological polar surface area (TPSA) is 138 Å². The van der Waals surface area contributed by atoms with Crippen LogP contribution in [0.1, 0.15) is 10.4 Å². The molecule has 0 radical (unpaired) electrons. The molecule has 132 valence electrons. The third kappa shape index (κ3) is 3.75. The second-order valence-electron chi connectivity index (χ2n) is 4.88. The van der Waals surface area contributed by atoms with Crippen LogP contribution in [0.5, 0.6) is 0 Å². The van der Waals surface area contributed by atoms with Crippen molar-refractivity contribution in [3.63, 3.8) is 0 Å². The van der Waals surface area contributed by atoms with Gasteiger partial charge in [0, 0.05) is 12.1 Å². The van der Waals surface area contributed by atoms with Gasteiger partial charge in [0.25, 0.3) is 15.7 Å². The van der Waals surface area contributed by atoms with Crippen LogP contribution >= 0.6 is 0 Å². The van der Waals surface area contributed by atoms with Crippen molar-refractivity contribution in [3.8, 4) is 0 Å². The van der Waals surface area contributed by atoms with Crippen LogP contribution in [-0.2, 0) is 10.0 Å². The molecule has 0 aliphatic heterocycles. The first-order valence-electron chi connectivity index (χ1n) is 6.99. The minimum absolute atomic E-state index is 0.143. The fourth-order valence-corrected chi connectivity index (χ4v) is 3.73. The highest BCUT2D eigenvalue weighted by atomic mass is 32.2. The normalized spacial score (nSPS) is 11.1. The molecular weight excluding hydrogens is 352 g/mol. The van der Waals surface area contributed by atoms with E-state index in [1.54, 1.807) is 0 Å². The lowest BCUT2D eigenvalue weighted by atomic mass is 10.2. The minimum atomic E-state index is -4.32. The second kappa shape index (κ2) is 7.28. The van der Waals surface area contributed by atoms with Gasteiger partial charge in [-0.05, 0) is 18.2 Å². The van der Waals surface area contributed by atoms with Crippen LogP contribution in [-0.4, -0.2) is 42.7 Å². The van der Waals surface area contributed by atoms with Gasteiger partial charge in [0.1, 0.15) is 0 Å². The maximum absolute atomic E-state index is 12.9. The van der Waals surface area contributed by atoms with Crippen molar-refractivity contribution in [2.45, 2.75) is 4.90 Å². The van der Waals surface area contributed by atoms with Crippen LogP contribution in [0.15, 0.2) is 53.4 Å². The smallest absolute Gasteiger partial charge is 0.337 e. The number of nitrogens with zero attached hydrogens (tertiary/aromatic N) is 2. The number of aliphatic hydroxyl groups is 1. The summed E-state index contributed by atoms with van der Waals surface area (Å²) in [6.07, 6.45) is 0. The average Bonchev–Trinajstić information content (AvgIpc) is 2.59. The lowest BCUT2D eigenvalue weighted by Crippen LogP contribution is -2.34. The number of benzene rings is 2. The van der Waals surface area contributed by atoms with Gasteiger partial charge in [0.05, 0.1) is 34.2 Å². The second-order valence-corrected chi connectivity index (χ2v) is 6.74. The highest BCUT2D eigenvalue weighted by Crippen LogP contribution is 2.28. The molecule has 0 unspecified atom stereocenters. The Morgan fingerprint density at radius 2 is 1.84 bits per heavy atom. The third-order valence-corrected chi connectivity index (χ3v) is 5.13. The van der Waals surface area contributed by atoms with Gasteiger partial charge >= 0.3 is 5.97 Å². The summed E-state index contributed by atoms with van der Waals surface area (Å²) in [5.74, 6) is -1.34. The molecule has 9 nitrogen and oxygen atoms in total. The van der Waals surface area contributed by atoms with E-state index in [0.717, 1.165) is 22.5 Å². The number of hydrogen-bond donors (Lipinski definition) is 2. The van der Waals surface area contributed by atoms with Crippen LogP contribution in [0, 0.1) is 10.1 Å². The Bertz CT molecular complexity index is 912. The average molecular weight is 366 g/mol. The molecule has 0 bridgehead atoms. The predicted octanol–water partition coefficient (Wildman–Crippen LogP) is 1.48. The van der Waals surface area contributed by atoms with E-state index >= 15 is 0 Å². The SMILES string of the molecule is O=C(O)c1ccccc1N(CCO)S(=O)(=O)c1cccc([N+](=O)[O-])c1. The van der Waals surface area contributed by atoms with E-state index in [0.29, 0.717) is 0 Å². The zero-order chi connectivity index (χ0) is 18.6. The molecule has 0 aliphatic carbocycles. The number of para-hydroxylation sites is 1. The van der Waals surface area contributed by atoms with Gasteiger partial charge in [0.15, 0.2) is 0 Å². The van der Waals surface area contributed by atoms with Crippen LogP contribution < -0.4 is 4.31 Å². The van der Waals surface area contributed by atoms with Gasteiger partial charge in [-0.25, -0.2) is 13.2 Å². The number of nitro groups is 1. The van der Waals surface area contributed by atoms with Crippen molar-refractivity contribution in [1.29, 1.82) is 0 Å². The number of carboxylic acids is 1. The van der Waals surface area contributed by atoms with E-state index in [9.17, 15) is 33.5 Å². The first-order chi connectivity index (χ1) is 11.8. The maximum atomic E-state index is 12.9. The van der Waals surface area contributed by atoms with Crippen molar-refractivity contribution in [1.82, 2.24) is 0 Å². The standard InChI is InChI=1S/C15H14N2O7S/c18-9-8-16(14-7-2-1-6-13(14)15(19)20)25(23,24)12-5-3-4-11(10-12)17(21)22/h1-7,10,18H,8-9H2,(H,19,20). The largest absolute Gasteiger partial charge is 0.478 e. The Morgan fingerprint density at radius 1 is 1.16 bits per heavy atom. The number of rotatable bonds is 7. The first kappa shape index (κ1) is 18.4. The van der Waals surface area contributed by atoms with E-state index in [2.05, 4.69) is 0 Å². The fraction of sp³-hybridized carbons (Fsp3) is 0.133. The summed E-state index contributed by atoms with van der Waals surface area (Å²) in [6.45, 7) is -0.975. The van der Waals surface area contributed by atoms with Crippen molar-refractivity contribution >= 4 is 27.4 Å². The number of sulfonamides is 1. The first-order valence-corrected chi connectivity index (χ1v) is 8.43. The Hall–Kier alpha value is -2.98. The number of carboxylic acid groups (broad SMARTS) is 1. The zero-order valence-electron chi connectivity index (χ0n) is 12.8. The number of aromatic carboxylic acids is 1. The third-order valence-electron chi connectivity index (χ3n) is 3.32. The molecule has 0 heterocycles. The van der Waals surface area contributed by atoms with Crippen LogP contribution in [0.25, 0.3) is 0 Å². The summed E-state index contributed by atoms with van der Waals surface area (Å²) in [5.41, 5.74) is -0.836. The number of nitro benzene ring substituents is 1. The number of anilines is 1. The molecule has 0 spiro atoms. The molecule has 2 aromatic carbocycles. The molecule has 0 atom stereocenters. The summed E-state index contributed by atoms with van der Waals surface area (Å²) >= 11 is 0. The van der Waals surface area contributed by atoms with Crippen LogP contribution in [0.2, 0.25) is 0 Å². The molecule has 0 saturated carbocycles. The molecule has 0 aromatic heterocycles.